The van der Waals surface area contributed by atoms with Gasteiger partial charge in [-0.15, -0.1) is 0 Å². The minimum atomic E-state index is -0.373. The van der Waals surface area contributed by atoms with E-state index in [4.69, 9.17) is 10.3 Å². The molecule has 1 heterocycles. The van der Waals surface area contributed by atoms with E-state index in [2.05, 4.69) is 26.1 Å². The summed E-state index contributed by atoms with van der Waals surface area (Å²) in [6.45, 7) is 4.25. The first-order valence-electron chi connectivity index (χ1n) is 5.44. The molecule has 0 spiro atoms. The van der Waals surface area contributed by atoms with Crippen LogP contribution in [0.5, 0.6) is 0 Å². The monoisotopic (exact) mass is 313 g/mol. The summed E-state index contributed by atoms with van der Waals surface area (Å²) in [6.07, 6.45) is 0. The minimum Gasteiger partial charge on any atom is -0.338 e. The van der Waals surface area contributed by atoms with Gasteiger partial charge in [0.15, 0.2) is 0 Å². The predicted molar refractivity (Wildman–Crippen MR) is 69.5 cm³/mol. The Balaban J connectivity index is 2.38. The van der Waals surface area contributed by atoms with Crippen molar-refractivity contribution in [1.82, 2.24) is 10.1 Å². The molecule has 4 nitrogen and oxygen atoms in total. The topological polar surface area (TPSA) is 64.9 Å². The zero-order chi connectivity index (χ0) is 13.3. The molecule has 6 heteroatoms. The van der Waals surface area contributed by atoms with Gasteiger partial charge in [0.05, 0.1) is 9.89 Å². The van der Waals surface area contributed by atoms with Crippen molar-refractivity contribution < 1.29 is 8.91 Å². The molecule has 0 aliphatic rings. The van der Waals surface area contributed by atoms with Gasteiger partial charge in [0, 0.05) is 12.1 Å². The van der Waals surface area contributed by atoms with Gasteiger partial charge in [-0.2, -0.15) is 4.98 Å². The first-order valence-corrected chi connectivity index (χ1v) is 6.23. The van der Waals surface area contributed by atoms with Crippen LogP contribution >= 0.6 is 15.9 Å². The lowest BCUT2D eigenvalue weighted by atomic mass is 9.94. The van der Waals surface area contributed by atoms with Crippen molar-refractivity contribution in [2.75, 3.05) is 6.54 Å². The third-order valence-electron chi connectivity index (χ3n) is 2.69. The van der Waals surface area contributed by atoms with Crippen LogP contribution in [0.1, 0.15) is 19.7 Å². The summed E-state index contributed by atoms with van der Waals surface area (Å²) in [7, 11) is 0. The van der Waals surface area contributed by atoms with Crippen molar-refractivity contribution >= 4 is 15.9 Å². The van der Waals surface area contributed by atoms with Crippen LogP contribution in [0.2, 0.25) is 0 Å². The molecule has 1 aromatic carbocycles. The zero-order valence-electron chi connectivity index (χ0n) is 10.1. The Labute approximate surface area is 113 Å². The van der Waals surface area contributed by atoms with E-state index in [1.165, 1.54) is 6.07 Å². The summed E-state index contributed by atoms with van der Waals surface area (Å²) in [5, 5.41) is 3.89. The molecule has 0 saturated heterocycles. The first kappa shape index (κ1) is 13.2. The maximum absolute atomic E-state index is 13.1. The molecular formula is C12H13BrFN3O. The molecule has 2 aromatic rings. The van der Waals surface area contributed by atoms with Gasteiger partial charge in [-0.25, -0.2) is 4.39 Å². The standard InChI is InChI=1S/C12H13BrFN3O/c1-12(2,6-15)11-16-10(17-18-11)7-3-4-9(14)8(13)5-7/h3-5H,6,15H2,1-2H3. The summed E-state index contributed by atoms with van der Waals surface area (Å²) in [5.41, 5.74) is 5.96. The second-order valence-corrected chi connectivity index (χ2v) is 5.49. The lowest BCUT2D eigenvalue weighted by Crippen LogP contribution is -2.28. The van der Waals surface area contributed by atoms with Gasteiger partial charge in [-0.1, -0.05) is 5.16 Å². The number of nitrogens with zero attached hydrogens (tertiary/aromatic N) is 2. The normalized spacial score (nSPS) is 11.8. The highest BCUT2D eigenvalue weighted by Gasteiger charge is 2.26. The number of benzene rings is 1. The SMILES string of the molecule is CC(C)(CN)c1nc(-c2ccc(F)c(Br)c2)no1. The third kappa shape index (κ3) is 2.44. The maximum atomic E-state index is 13.1. The van der Waals surface area contributed by atoms with Gasteiger partial charge < -0.3 is 10.3 Å². The average molecular weight is 314 g/mol. The van der Waals surface area contributed by atoms with Crippen molar-refractivity contribution in [2.45, 2.75) is 19.3 Å². The molecule has 1 aromatic heterocycles. The maximum Gasteiger partial charge on any atom is 0.233 e. The van der Waals surface area contributed by atoms with E-state index >= 15 is 0 Å². The summed E-state index contributed by atoms with van der Waals surface area (Å²) in [5.74, 6) is 0.567. The number of halogens is 2. The van der Waals surface area contributed by atoms with E-state index in [1.54, 1.807) is 12.1 Å². The van der Waals surface area contributed by atoms with E-state index in [0.717, 1.165) is 0 Å². The van der Waals surface area contributed by atoms with Crippen LogP contribution in [-0.2, 0) is 5.41 Å². The molecular weight excluding hydrogens is 301 g/mol. The number of hydrogen-bond acceptors (Lipinski definition) is 4. The number of aromatic nitrogens is 2. The fraction of sp³-hybridized carbons (Fsp3) is 0.333. The highest BCUT2D eigenvalue weighted by molar-refractivity contribution is 9.10. The molecule has 0 bridgehead atoms. The molecule has 0 amide bonds. The fourth-order valence-electron chi connectivity index (χ4n) is 1.34. The van der Waals surface area contributed by atoms with Crippen LogP contribution in [0.4, 0.5) is 4.39 Å². The smallest absolute Gasteiger partial charge is 0.233 e. The van der Waals surface area contributed by atoms with Crippen LogP contribution in [0, 0.1) is 5.82 Å². The summed E-state index contributed by atoms with van der Waals surface area (Å²) >= 11 is 3.12. The molecule has 96 valence electrons. The molecule has 0 unspecified atom stereocenters. The van der Waals surface area contributed by atoms with Crippen LogP contribution in [0.15, 0.2) is 27.2 Å². The van der Waals surface area contributed by atoms with Crippen molar-refractivity contribution in [3.05, 3.63) is 34.4 Å². The first-order chi connectivity index (χ1) is 8.44. The van der Waals surface area contributed by atoms with Crippen LogP contribution in [0.25, 0.3) is 11.4 Å². The Hall–Kier alpha value is -1.27. The third-order valence-corrected chi connectivity index (χ3v) is 3.30. The van der Waals surface area contributed by atoms with Gasteiger partial charge in [0.25, 0.3) is 0 Å². The van der Waals surface area contributed by atoms with Crippen molar-refractivity contribution in [3.63, 3.8) is 0 Å². The van der Waals surface area contributed by atoms with Crippen LogP contribution in [-0.4, -0.2) is 16.7 Å². The van der Waals surface area contributed by atoms with Gasteiger partial charge >= 0.3 is 0 Å². The number of hydrogen-bond donors (Lipinski definition) is 1. The Morgan fingerprint density at radius 2 is 2.17 bits per heavy atom. The molecule has 0 aliphatic heterocycles. The highest BCUT2D eigenvalue weighted by Crippen LogP contribution is 2.26. The zero-order valence-corrected chi connectivity index (χ0v) is 11.7. The average Bonchev–Trinajstić information content (AvgIpc) is 2.83. The van der Waals surface area contributed by atoms with E-state index in [0.29, 0.717) is 28.3 Å². The summed E-state index contributed by atoms with van der Waals surface area (Å²) in [4.78, 5) is 4.29. The minimum absolute atomic E-state index is 0.329. The van der Waals surface area contributed by atoms with Crippen LogP contribution < -0.4 is 5.73 Å². The number of rotatable bonds is 3. The second-order valence-electron chi connectivity index (χ2n) is 4.64. The highest BCUT2D eigenvalue weighted by atomic mass is 79.9. The van der Waals surface area contributed by atoms with Gasteiger partial charge in [-0.05, 0) is 48.0 Å². The van der Waals surface area contributed by atoms with Crippen molar-refractivity contribution in [1.29, 1.82) is 0 Å². The van der Waals surface area contributed by atoms with E-state index in [-0.39, 0.29) is 11.2 Å². The molecule has 18 heavy (non-hydrogen) atoms. The lowest BCUT2D eigenvalue weighted by Gasteiger charge is -2.15. The summed E-state index contributed by atoms with van der Waals surface area (Å²) < 4.78 is 18.7. The van der Waals surface area contributed by atoms with Crippen LogP contribution in [0.3, 0.4) is 0 Å². The second kappa shape index (κ2) is 4.78. The molecule has 2 rings (SSSR count). The Morgan fingerprint density at radius 3 is 2.78 bits per heavy atom. The lowest BCUT2D eigenvalue weighted by molar-refractivity contribution is 0.311. The Morgan fingerprint density at radius 1 is 1.44 bits per heavy atom. The van der Waals surface area contributed by atoms with Gasteiger partial charge in [-0.3, -0.25) is 0 Å². The molecule has 2 N–H and O–H groups in total. The van der Waals surface area contributed by atoms with E-state index < -0.39 is 0 Å². The Bertz CT molecular complexity index is 568. The summed E-state index contributed by atoms with van der Waals surface area (Å²) in [6, 6.07) is 4.56. The van der Waals surface area contributed by atoms with E-state index in [1.807, 2.05) is 13.8 Å². The van der Waals surface area contributed by atoms with Gasteiger partial charge in [0.2, 0.25) is 11.7 Å². The van der Waals surface area contributed by atoms with E-state index in [9.17, 15) is 4.39 Å². The largest absolute Gasteiger partial charge is 0.338 e. The fourth-order valence-corrected chi connectivity index (χ4v) is 1.72. The molecule has 0 fully saturated rings. The Kier molecular flexibility index (Phi) is 3.49. The molecule has 0 atom stereocenters. The van der Waals surface area contributed by atoms with Crippen molar-refractivity contribution in [2.24, 2.45) is 5.73 Å². The van der Waals surface area contributed by atoms with Crippen molar-refractivity contribution in [3.8, 4) is 11.4 Å². The molecule has 0 saturated carbocycles. The molecule has 0 radical (unpaired) electrons. The predicted octanol–water partition coefficient (Wildman–Crippen LogP) is 2.87. The van der Waals surface area contributed by atoms with Gasteiger partial charge in [0.1, 0.15) is 5.82 Å². The molecule has 0 aliphatic carbocycles. The quantitative estimate of drug-likeness (QED) is 0.946. The number of nitrogens with two attached hydrogens (primary N) is 1.